The van der Waals surface area contributed by atoms with Gasteiger partial charge >= 0.3 is 0 Å². The maximum absolute atomic E-state index is 13.1. The van der Waals surface area contributed by atoms with Crippen LogP contribution in [0.25, 0.3) is 0 Å². The van der Waals surface area contributed by atoms with Crippen molar-refractivity contribution < 1.29 is 19.1 Å². The first-order valence-electron chi connectivity index (χ1n) is 10.5. The second-order valence-electron chi connectivity index (χ2n) is 7.24. The van der Waals surface area contributed by atoms with E-state index in [-0.39, 0.29) is 18.4 Å². The second kappa shape index (κ2) is 12.3. The van der Waals surface area contributed by atoms with Gasteiger partial charge in [-0.25, -0.2) is 0 Å². The third-order valence-electron chi connectivity index (χ3n) is 4.98. The van der Waals surface area contributed by atoms with E-state index in [0.29, 0.717) is 18.8 Å². The lowest BCUT2D eigenvalue weighted by Crippen LogP contribution is -2.49. The van der Waals surface area contributed by atoms with Crippen LogP contribution < -0.4 is 14.8 Å². The normalized spacial score (nSPS) is 11.5. The van der Waals surface area contributed by atoms with Gasteiger partial charge in [0.1, 0.15) is 17.5 Å². The molecule has 2 rings (SSSR count). The van der Waals surface area contributed by atoms with Crippen LogP contribution in [0.15, 0.2) is 46.9 Å². The van der Waals surface area contributed by atoms with Gasteiger partial charge < -0.3 is 19.7 Å². The highest BCUT2D eigenvalue weighted by Gasteiger charge is 2.26. The van der Waals surface area contributed by atoms with Gasteiger partial charge in [-0.3, -0.25) is 9.59 Å². The molecule has 0 aromatic heterocycles. The number of nitrogens with zero attached hydrogens (tertiary/aromatic N) is 1. The SMILES string of the molecule is CCCNC(=O)[C@H](C)N(Cc1ccc(OC)cc1)C(=O)COc1ccc(CC)cc1Br. The molecule has 168 valence electrons. The van der Waals surface area contributed by atoms with Crippen molar-refractivity contribution in [2.75, 3.05) is 20.3 Å². The van der Waals surface area contributed by atoms with Gasteiger partial charge in [-0.1, -0.05) is 32.0 Å². The molecule has 0 saturated carbocycles. The van der Waals surface area contributed by atoms with Crippen LogP contribution in [-0.4, -0.2) is 43.0 Å². The number of rotatable bonds is 11. The third-order valence-corrected chi connectivity index (χ3v) is 5.60. The van der Waals surface area contributed by atoms with Crippen LogP contribution in [0.3, 0.4) is 0 Å². The molecule has 1 N–H and O–H groups in total. The summed E-state index contributed by atoms with van der Waals surface area (Å²) in [6, 6.07) is 12.6. The zero-order valence-corrected chi connectivity index (χ0v) is 20.2. The van der Waals surface area contributed by atoms with E-state index < -0.39 is 6.04 Å². The summed E-state index contributed by atoms with van der Waals surface area (Å²) in [4.78, 5) is 27.2. The topological polar surface area (TPSA) is 67.9 Å². The predicted octanol–water partition coefficient (Wildman–Crippen LogP) is 4.34. The van der Waals surface area contributed by atoms with Crippen molar-refractivity contribution in [3.63, 3.8) is 0 Å². The zero-order chi connectivity index (χ0) is 22.8. The highest BCUT2D eigenvalue weighted by atomic mass is 79.9. The fourth-order valence-electron chi connectivity index (χ4n) is 3.01. The Morgan fingerprint density at radius 3 is 2.35 bits per heavy atom. The van der Waals surface area contributed by atoms with Gasteiger partial charge in [0.15, 0.2) is 6.61 Å². The third kappa shape index (κ3) is 7.28. The summed E-state index contributed by atoms with van der Waals surface area (Å²) in [6.07, 6.45) is 1.74. The van der Waals surface area contributed by atoms with Crippen molar-refractivity contribution in [3.8, 4) is 11.5 Å². The van der Waals surface area contributed by atoms with E-state index in [4.69, 9.17) is 9.47 Å². The largest absolute Gasteiger partial charge is 0.497 e. The number of nitrogens with one attached hydrogen (secondary N) is 1. The number of aryl methyl sites for hydroxylation is 1. The fraction of sp³-hybridized carbons (Fsp3) is 0.417. The van der Waals surface area contributed by atoms with E-state index in [1.54, 1.807) is 18.9 Å². The molecule has 0 fully saturated rings. The highest BCUT2D eigenvalue weighted by Crippen LogP contribution is 2.26. The summed E-state index contributed by atoms with van der Waals surface area (Å²) < 4.78 is 11.8. The predicted molar refractivity (Wildman–Crippen MR) is 125 cm³/mol. The number of ether oxygens (including phenoxy) is 2. The molecule has 0 unspecified atom stereocenters. The number of carbonyl (C=O) groups excluding carboxylic acids is 2. The van der Waals surface area contributed by atoms with Gasteiger partial charge in [-0.15, -0.1) is 0 Å². The molecule has 0 saturated heterocycles. The molecule has 6 nitrogen and oxygen atoms in total. The minimum Gasteiger partial charge on any atom is -0.497 e. The van der Waals surface area contributed by atoms with Crippen LogP contribution in [-0.2, 0) is 22.6 Å². The van der Waals surface area contributed by atoms with Gasteiger partial charge in [-0.2, -0.15) is 0 Å². The van der Waals surface area contributed by atoms with Crippen molar-refractivity contribution in [3.05, 3.63) is 58.1 Å². The molecule has 31 heavy (non-hydrogen) atoms. The van der Waals surface area contributed by atoms with E-state index in [2.05, 4.69) is 28.2 Å². The van der Waals surface area contributed by atoms with Gasteiger partial charge in [0.05, 0.1) is 11.6 Å². The Morgan fingerprint density at radius 1 is 1.10 bits per heavy atom. The Kier molecular flexibility index (Phi) is 9.85. The molecule has 1 atom stereocenters. The van der Waals surface area contributed by atoms with Crippen molar-refractivity contribution in [1.82, 2.24) is 10.2 Å². The minimum atomic E-state index is -0.629. The second-order valence-corrected chi connectivity index (χ2v) is 8.10. The molecule has 0 aliphatic rings. The van der Waals surface area contributed by atoms with Gasteiger partial charge in [0.25, 0.3) is 5.91 Å². The van der Waals surface area contributed by atoms with E-state index >= 15 is 0 Å². The van der Waals surface area contributed by atoms with Gasteiger partial charge in [0.2, 0.25) is 5.91 Å². The molecule has 0 bridgehead atoms. The monoisotopic (exact) mass is 490 g/mol. The summed E-state index contributed by atoms with van der Waals surface area (Å²) in [7, 11) is 1.60. The smallest absolute Gasteiger partial charge is 0.261 e. The minimum absolute atomic E-state index is 0.161. The van der Waals surface area contributed by atoms with Crippen molar-refractivity contribution in [2.45, 2.75) is 46.2 Å². The summed E-state index contributed by atoms with van der Waals surface area (Å²) >= 11 is 3.50. The quantitative estimate of drug-likeness (QED) is 0.508. The van der Waals surface area contributed by atoms with E-state index in [9.17, 15) is 9.59 Å². The Balaban J connectivity index is 2.15. The number of amides is 2. The first-order valence-corrected chi connectivity index (χ1v) is 11.3. The van der Waals surface area contributed by atoms with E-state index in [1.165, 1.54) is 5.56 Å². The average molecular weight is 491 g/mol. The molecular weight excluding hydrogens is 460 g/mol. The molecule has 0 aliphatic heterocycles. The highest BCUT2D eigenvalue weighted by molar-refractivity contribution is 9.10. The lowest BCUT2D eigenvalue weighted by molar-refractivity contribution is -0.142. The summed E-state index contributed by atoms with van der Waals surface area (Å²) in [5.74, 6) is 0.885. The maximum Gasteiger partial charge on any atom is 0.261 e. The first-order chi connectivity index (χ1) is 14.9. The summed E-state index contributed by atoms with van der Waals surface area (Å²) in [6.45, 7) is 6.50. The molecular formula is C24H31BrN2O4. The van der Waals surface area contributed by atoms with Gasteiger partial charge in [-0.05, 0) is 71.1 Å². The van der Waals surface area contributed by atoms with Crippen LogP contribution in [0.1, 0.15) is 38.3 Å². The van der Waals surface area contributed by atoms with E-state index in [0.717, 1.165) is 28.6 Å². The molecule has 2 amide bonds. The molecule has 7 heteroatoms. The number of methoxy groups -OCH3 is 1. The Labute approximate surface area is 193 Å². The number of halogens is 1. The number of hydrogen-bond donors (Lipinski definition) is 1. The molecule has 0 heterocycles. The maximum atomic E-state index is 13.1. The molecule has 2 aromatic rings. The number of benzene rings is 2. The number of hydrogen-bond acceptors (Lipinski definition) is 4. The molecule has 0 aliphatic carbocycles. The van der Waals surface area contributed by atoms with Crippen molar-refractivity contribution >= 4 is 27.7 Å². The Hall–Kier alpha value is -2.54. The lowest BCUT2D eigenvalue weighted by atomic mass is 10.1. The van der Waals surface area contributed by atoms with Gasteiger partial charge in [0, 0.05) is 13.1 Å². The van der Waals surface area contributed by atoms with Crippen LogP contribution >= 0.6 is 15.9 Å². The van der Waals surface area contributed by atoms with Crippen LogP contribution in [0.5, 0.6) is 11.5 Å². The number of carbonyl (C=O) groups is 2. The standard InChI is InChI=1S/C24H31BrN2O4/c1-5-13-26-24(29)17(3)27(15-19-7-10-20(30-4)11-8-19)23(28)16-31-22-12-9-18(6-2)14-21(22)25/h7-12,14,17H,5-6,13,15-16H2,1-4H3,(H,26,29)/t17-/m0/s1. The van der Waals surface area contributed by atoms with Crippen LogP contribution in [0.4, 0.5) is 0 Å². The van der Waals surface area contributed by atoms with Crippen LogP contribution in [0.2, 0.25) is 0 Å². The molecule has 2 aromatic carbocycles. The van der Waals surface area contributed by atoms with Crippen LogP contribution in [0, 0.1) is 0 Å². The van der Waals surface area contributed by atoms with Crippen molar-refractivity contribution in [1.29, 1.82) is 0 Å². The summed E-state index contributed by atoms with van der Waals surface area (Å²) in [5, 5.41) is 2.87. The van der Waals surface area contributed by atoms with E-state index in [1.807, 2.05) is 49.4 Å². The average Bonchev–Trinajstić information content (AvgIpc) is 2.79. The zero-order valence-electron chi connectivity index (χ0n) is 18.6. The molecule has 0 radical (unpaired) electrons. The molecule has 0 spiro atoms. The first kappa shape index (κ1) is 24.7. The Morgan fingerprint density at radius 2 is 1.77 bits per heavy atom. The Bertz CT molecular complexity index is 870. The summed E-state index contributed by atoms with van der Waals surface area (Å²) in [5.41, 5.74) is 2.07. The lowest BCUT2D eigenvalue weighted by Gasteiger charge is -2.29. The fourth-order valence-corrected chi connectivity index (χ4v) is 3.55. The van der Waals surface area contributed by atoms with Crippen molar-refractivity contribution in [2.24, 2.45) is 0 Å².